The molecule has 1 amide bonds. The van der Waals surface area contributed by atoms with Gasteiger partial charge in [0.15, 0.2) is 0 Å². The van der Waals surface area contributed by atoms with Crippen LogP contribution < -0.4 is 5.32 Å². The van der Waals surface area contributed by atoms with E-state index in [1.165, 1.54) is 16.1 Å². The minimum absolute atomic E-state index is 0.0718. The molecule has 0 bridgehead atoms. The summed E-state index contributed by atoms with van der Waals surface area (Å²) in [5, 5.41) is 11.6. The third-order valence-electron chi connectivity index (χ3n) is 4.70. The first-order valence-corrected chi connectivity index (χ1v) is 12.0. The zero-order chi connectivity index (χ0) is 20.7. The van der Waals surface area contributed by atoms with Gasteiger partial charge in [-0.25, -0.2) is 8.42 Å². The molecule has 2 aromatic carbocycles. The van der Waals surface area contributed by atoms with Crippen LogP contribution in [0, 0.1) is 11.3 Å². The Kier molecular flexibility index (Phi) is 7.31. The highest BCUT2D eigenvalue weighted by Crippen LogP contribution is 2.21. The Balaban J connectivity index is 1.43. The van der Waals surface area contributed by atoms with E-state index in [2.05, 4.69) is 11.4 Å². The van der Waals surface area contributed by atoms with E-state index in [0.717, 1.165) is 24.0 Å². The number of benzene rings is 2. The number of sulfonamides is 1. The van der Waals surface area contributed by atoms with Crippen molar-refractivity contribution in [3.05, 3.63) is 65.2 Å². The fraction of sp³-hybridized carbons (Fsp3) is 0.333. The number of nitriles is 1. The van der Waals surface area contributed by atoms with Crippen LogP contribution in [0.4, 0.5) is 0 Å². The predicted octanol–water partition coefficient (Wildman–Crippen LogP) is 2.89. The van der Waals surface area contributed by atoms with Crippen LogP contribution in [0.2, 0.25) is 0 Å². The number of hydrogen-bond donors (Lipinski definition) is 1. The van der Waals surface area contributed by atoms with Gasteiger partial charge in [-0.3, -0.25) is 4.79 Å². The quantitative estimate of drug-likeness (QED) is 0.697. The molecule has 0 unspecified atom stereocenters. The number of carbonyl (C=O) groups is 1. The van der Waals surface area contributed by atoms with Gasteiger partial charge in [0, 0.05) is 25.4 Å². The molecule has 2 aromatic rings. The zero-order valence-electron chi connectivity index (χ0n) is 16.0. The van der Waals surface area contributed by atoms with Gasteiger partial charge in [-0.15, -0.1) is 11.8 Å². The van der Waals surface area contributed by atoms with Crippen molar-refractivity contribution in [3.8, 4) is 6.07 Å². The normalized spacial score (nSPS) is 14.4. The predicted molar refractivity (Wildman–Crippen MR) is 114 cm³/mol. The Morgan fingerprint density at radius 1 is 1.03 bits per heavy atom. The van der Waals surface area contributed by atoms with Gasteiger partial charge in [0.05, 0.1) is 22.3 Å². The second-order valence-electron chi connectivity index (χ2n) is 6.83. The number of amides is 1. The van der Waals surface area contributed by atoms with Crippen molar-refractivity contribution in [1.82, 2.24) is 9.62 Å². The topological polar surface area (TPSA) is 90.3 Å². The van der Waals surface area contributed by atoms with Crippen LogP contribution in [0.1, 0.15) is 29.5 Å². The lowest BCUT2D eigenvalue weighted by atomic mass is 10.2. The number of carbonyl (C=O) groups excluding carboxylic acids is 1. The molecule has 1 aliphatic heterocycles. The van der Waals surface area contributed by atoms with Crippen molar-refractivity contribution in [1.29, 1.82) is 5.26 Å². The van der Waals surface area contributed by atoms with Crippen LogP contribution in [-0.4, -0.2) is 37.5 Å². The summed E-state index contributed by atoms with van der Waals surface area (Å²) in [6, 6.07) is 16.1. The van der Waals surface area contributed by atoms with Crippen LogP contribution in [-0.2, 0) is 27.1 Å². The van der Waals surface area contributed by atoms with Crippen LogP contribution in [0.3, 0.4) is 0 Å². The van der Waals surface area contributed by atoms with Crippen molar-refractivity contribution >= 4 is 27.7 Å². The molecule has 1 fully saturated rings. The molecular weight excluding hydrogens is 406 g/mol. The van der Waals surface area contributed by atoms with E-state index in [-0.39, 0.29) is 5.91 Å². The lowest BCUT2D eigenvalue weighted by Crippen LogP contribution is -2.28. The number of nitrogens with one attached hydrogen (secondary N) is 1. The van der Waals surface area contributed by atoms with E-state index in [4.69, 9.17) is 5.26 Å². The van der Waals surface area contributed by atoms with E-state index in [1.54, 1.807) is 36.4 Å². The molecule has 0 atom stereocenters. The maximum atomic E-state index is 12.5. The molecular formula is C21H23N3O3S2. The zero-order valence-corrected chi connectivity index (χ0v) is 17.6. The Hall–Kier alpha value is -2.34. The van der Waals surface area contributed by atoms with E-state index < -0.39 is 10.0 Å². The van der Waals surface area contributed by atoms with Crippen LogP contribution in [0.15, 0.2) is 53.4 Å². The second-order valence-corrected chi connectivity index (χ2v) is 9.76. The SMILES string of the molecule is N#Cc1ccc(CSCC(=O)NCc2ccc(S(=O)(=O)N3CCCC3)cc2)cc1. The van der Waals surface area contributed by atoms with Crippen molar-refractivity contribution in [3.63, 3.8) is 0 Å². The highest BCUT2D eigenvalue weighted by atomic mass is 32.2. The summed E-state index contributed by atoms with van der Waals surface area (Å²) < 4.78 is 26.6. The maximum Gasteiger partial charge on any atom is 0.243 e. The molecule has 6 nitrogen and oxygen atoms in total. The number of thioether (sulfide) groups is 1. The Labute approximate surface area is 176 Å². The monoisotopic (exact) mass is 429 g/mol. The van der Waals surface area contributed by atoms with Crippen LogP contribution in [0.5, 0.6) is 0 Å². The minimum atomic E-state index is -3.40. The molecule has 0 saturated carbocycles. The Bertz CT molecular complexity index is 975. The summed E-state index contributed by atoms with van der Waals surface area (Å²) >= 11 is 1.50. The molecule has 0 aromatic heterocycles. The first-order valence-electron chi connectivity index (χ1n) is 9.41. The summed E-state index contributed by atoms with van der Waals surface area (Å²) in [4.78, 5) is 12.3. The minimum Gasteiger partial charge on any atom is -0.351 e. The molecule has 0 aliphatic carbocycles. The molecule has 152 valence electrons. The van der Waals surface area contributed by atoms with Gasteiger partial charge in [-0.05, 0) is 48.2 Å². The van der Waals surface area contributed by atoms with Gasteiger partial charge in [0.25, 0.3) is 0 Å². The van der Waals surface area contributed by atoms with Crippen molar-refractivity contribution in [2.45, 2.75) is 30.0 Å². The molecule has 8 heteroatoms. The van der Waals surface area contributed by atoms with Gasteiger partial charge in [0.1, 0.15) is 0 Å². The smallest absolute Gasteiger partial charge is 0.243 e. The largest absolute Gasteiger partial charge is 0.351 e. The first kappa shape index (κ1) is 21.4. The maximum absolute atomic E-state index is 12.5. The van der Waals surface area contributed by atoms with Gasteiger partial charge in [0.2, 0.25) is 15.9 Å². The van der Waals surface area contributed by atoms with Gasteiger partial charge in [-0.1, -0.05) is 24.3 Å². The van der Waals surface area contributed by atoms with Gasteiger partial charge >= 0.3 is 0 Å². The van der Waals surface area contributed by atoms with E-state index in [9.17, 15) is 13.2 Å². The molecule has 29 heavy (non-hydrogen) atoms. The van der Waals surface area contributed by atoms with Crippen molar-refractivity contribution in [2.75, 3.05) is 18.8 Å². The average molecular weight is 430 g/mol. The molecule has 0 radical (unpaired) electrons. The van der Waals surface area contributed by atoms with E-state index in [0.29, 0.717) is 41.6 Å². The summed E-state index contributed by atoms with van der Waals surface area (Å²) in [5.41, 5.74) is 2.54. The summed E-state index contributed by atoms with van der Waals surface area (Å²) in [6.07, 6.45) is 1.82. The fourth-order valence-corrected chi connectivity index (χ4v) is 5.38. The Morgan fingerprint density at radius 2 is 1.66 bits per heavy atom. The van der Waals surface area contributed by atoms with Gasteiger partial charge in [-0.2, -0.15) is 9.57 Å². The third kappa shape index (κ3) is 5.82. The summed E-state index contributed by atoms with van der Waals surface area (Å²) in [7, 11) is -3.40. The lowest BCUT2D eigenvalue weighted by molar-refractivity contribution is -0.118. The fourth-order valence-electron chi connectivity index (χ4n) is 3.05. The molecule has 1 aliphatic rings. The highest BCUT2D eigenvalue weighted by Gasteiger charge is 2.26. The summed E-state index contributed by atoms with van der Waals surface area (Å²) in [6.45, 7) is 1.53. The van der Waals surface area contributed by atoms with E-state index in [1.807, 2.05) is 12.1 Å². The summed E-state index contributed by atoms with van der Waals surface area (Å²) in [5.74, 6) is 0.960. The second kappa shape index (κ2) is 9.92. The van der Waals surface area contributed by atoms with Crippen molar-refractivity contribution < 1.29 is 13.2 Å². The highest BCUT2D eigenvalue weighted by molar-refractivity contribution is 7.99. The van der Waals surface area contributed by atoms with Crippen LogP contribution >= 0.6 is 11.8 Å². The number of hydrogen-bond acceptors (Lipinski definition) is 5. The lowest BCUT2D eigenvalue weighted by Gasteiger charge is -2.15. The van der Waals surface area contributed by atoms with E-state index >= 15 is 0 Å². The molecule has 1 N–H and O–H groups in total. The van der Waals surface area contributed by atoms with Crippen LogP contribution in [0.25, 0.3) is 0 Å². The molecule has 1 saturated heterocycles. The van der Waals surface area contributed by atoms with Crippen molar-refractivity contribution in [2.24, 2.45) is 0 Å². The third-order valence-corrected chi connectivity index (χ3v) is 7.62. The molecule has 1 heterocycles. The Morgan fingerprint density at radius 3 is 2.28 bits per heavy atom. The number of rotatable bonds is 8. The molecule has 3 rings (SSSR count). The van der Waals surface area contributed by atoms with Gasteiger partial charge < -0.3 is 5.32 Å². The standard InChI is InChI=1S/C21H23N3O3S2/c22-13-17-3-5-19(6-4-17)15-28-16-21(25)23-14-18-7-9-20(10-8-18)29(26,27)24-11-1-2-12-24/h3-10H,1-2,11-12,14-16H2,(H,23,25). The first-order chi connectivity index (χ1) is 14.0. The molecule has 0 spiro atoms. The number of nitrogens with zero attached hydrogens (tertiary/aromatic N) is 2. The average Bonchev–Trinajstić information content (AvgIpc) is 3.29.